The Morgan fingerprint density at radius 3 is 2.95 bits per heavy atom. The summed E-state index contributed by atoms with van der Waals surface area (Å²) in [5.41, 5.74) is 1.46. The number of benzene rings is 1. The van der Waals surface area contributed by atoms with Crippen LogP contribution < -0.4 is 5.69 Å². The van der Waals surface area contributed by atoms with Crippen molar-refractivity contribution in [1.82, 2.24) is 14.8 Å². The molecule has 3 rings (SSSR count). The zero-order chi connectivity index (χ0) is 13.4. The van der Waals surface area contributed by atoms with Gasteiger partial charge in [-0.2, -0.15) is 5.26 Å². The first-order valence-corrected chi connectivity index (χ1v) is 6.86. The molecule has 0 radical (unpaired) electrons. The number of H-pyrrole nitrogens is 1. The maximum Gasteiger partial charge on any atom is 0.344 e. The van der Waals surface area contributed by atoms with Crippen LogP contribution >= 0.6 is 11.8 Å². The minimum atomic E-state index is -0.143. The van der Waals surface area contributed by atoms with E-state index in [2.05, 4.69) is 16.3 Å². The van der Waals surface area contributed by atoms with Gasteiger partial charge in [-0.1, -0.05) is 0 Å². The molecule has 1 aliphatic rings. The van der Waals surface area contributed by atoms with Gasteiger partial charge in [-0.3, -0.25) is 4.57 Å². The fourth-order valence-corrected chi connectivity index (χ4v) is 2.95. The van der Waals surface area contributed by atoms with Gasteiger partial charge in [0.25, 0.3) is 0 Å². The van der Waals surface area contributed by atoms with Crippen LogP contribution in [0.25, 0.3) is 0 Å². The fraction of sp³-hybridized carbons (Fsp3) is 0.308. The summed E-state index contributed by atoms with van der Waals surface area (Å²) in [7, 11) is 0. The van der Waals surface area contributed by atoms with Crippen molar-refractivity contribution >= 4 is 11.8 Å². The van der Waals surface area contributed by atoms with E-state index in [9.17, 15) is 4.79 Å². The maximum atomic E-state index is 11.7. The minimum absolute atomic E-state index is 0.143. The molecule has 1 heterocycles. The molecule has 0 saturated heterocycles. The molecule has 0 aliphatic heterocycles. The smallest absolute Gasteiger partial charge is 0.267 e. The van der Waals surface area contributed by atoms with Crippen molar-refractivity contribution in [3.8, 4) is 6.07 Å². The average Bonchev–Trinajstić information content (AvgIpc) is 3.15. The molecule has 0 bridgehead atoms. The van der Waals surface area contributed by atoms with E-state index < -0.39 is 0 Å². The summed E-state index contributed by atoms with van der Waals surface area (Å²) in [6.45, 7) is 1.90. The van der Waals surface area contributed by atoms with Crippen LogP contribution in [0.2, 0.25) is 0 Å². The largest absolute Gasteiger partial charge is 0.344 e. The molecular weight excluding hydrogens is 260 g/mol. The lowest BCUT2D eigenvalue weighted by atomic mass is 10.1. The predicted molar refractivity (Wildman–Crippen MR) is 71.1 cm³/mol. The zero-order valence-corrected chi connectivity index (χ0v) is 11.2. The second kappa shape index (κ2) is 4.59. The van der Waals surface area contributed by atoms with Gasteiger partial charge in [0, 0.05) is 10.9 Å². The topological polar surface area (TPSA) is 74.5 Å². The molecule has 0 amide bonds. The molecule has 1 aliphatic carbocycles. The number of aromatic nitrogens is 3. The van der Waals surface area contributed by atoms with Crippen molar-refractivity contribution in [2.75, 3.05) is 0 Å². The number of nitrogens with one attached hydrogen (secondary N) is 1. The van der Waals surface area contributed by atoms with Gasteiger partial charge in [-0.05, 0) is 55.3 Å². The Morgan fingerprint density at radius 1 is 1.53 bits per heavy atom. The summed E-state index contributed by atoms with van der Waals surface area (Å²) < 4.78 is 1.72. The van der Waals surface area contributed by atoms with E-state index in [0.29, 0.717) is 16.8 Å². The van der Waals surface area contributed by atoms with E-state index in [4.69, 9.17) is 5.26 Å². The van der Waals surface area contributed by atoms with E-state index in [1.54, 1.807) is 10.6 Å². The van der Waals surface area contributed by atoms with Gasteiger partial charge in [-0.25, -0.2) is 9.89 Å². The molecule has 2 aromatic rings. The monoisotopic (exact) mass is 272 g/mol. The lowest BCUT2D eigenvalue weighted by Gasteiger charge is -2.04. The van der Waals surface area contributed by atoms with Crippen LogP contribution in [0, 0.1) is 18.3 Å². The van der Waals surface area contributed by atoms with Crippen molar-refractivity contribution in [2.24, 2.45) is 0 Å². The Kier molecular flexibility index (Phi) is 2.91. The summed E-state index contributed by atoms with van der Waals surface area (Å²) in [6.07, 6.45) is 2.08. The van der Waals surface area contributed by atoms with Crippen molar-refractivity contribution in [1.29, 1.82) is 5.26 Å². The molecule has 1 aromatic heterocycles. The van der Waals surface area contributed by atoms with Crippen LogP contribution in [0.1, 0.15) is 30.0 Å². The maximum absolute atomic E-state index is 11.7. The third-order valence-corrected chi connectivity index (χ3v) is 4.07. The van der Waals surface area contributed by atoms with E-state index in [1.807, 2.05) is 19.1 Å². The highest BCUT2D eigenvalue weighted by atomic mass is 32.2. The van der Waals surface area contributed by atoms with Gasteiger partial charge < -0.3 is 0 Å². The van der Waals surface area contributed by atoms with Crippen molar-refractivity contribution in [3.63, 3.8) is 0 Å². The molecule has 1 fully saturated rings. The fourth-order valence-electron chi connectivity index (χ4n) is 1.95. The third kappa shape index (κ3) is 2.29. The van der Waals surface area contributed by atoms with Gasteiger partial charge >= 0.3 is 5.69 Å². The predicted octanol–water partition coefficient (Wildman–Crippen LogP) is 2.24. The second-order valence-corrected chi connectivity index (χ2v) is 5.64. The lowest BCUT2D eigenvalue weighted by Crippen LogP contribution is -2.15. The molecule has 1 saturated carbocycles. The molecule has 0 unspecified atom stereocenters. The number of nitriles is 1. The van der Waals surface area contributed by atoms with Gasteiger partial charge in [-0.15, -0.1) is 5.10 Å². The normalized spacial score (nSPS) is 14.3. The Labute approximate surface area is 114 Å². The number of aromatic amines is 1. The molecule has 0 atom stereocenters. The van der Waals surface area contributed by atoms with E-state index in [-0.39, 0.29) is 5.69 Å². The summed E-state index contributed by atoms with van der Waals surface area (Å²) >= 11 is 1.45. The van der Waals surface area contributed by atoms with Gasteiger partial charge in [0.05, 0.1) is 11.6 Å². The molecular formula is C13H12N4OS. The Hall–Kier alpha value is -2.00. The van der Waals surface area contributed by atoms with Crippen LogP contribution in [-0.4, -0.2) is 14.8 Å². The molecule has 6 heteroatoms. The lowest BCUT2D eigenvalue weighted by molar-refractivity contribution is 0.642. The van der Waals surface area contributed by atoms with Crippen LogP contribution in [0.15, 0.2) is 33.0 Å². The number of hydrogen-bond donors (Lipinski definition) is 1. The number of nitrogens with zero attached hydrogens (tertiary/aromatic N) is 3. The summed E-state index contributed by atoms with van der Waals surface area (Å²) in [4.78, 5) is 12.7. The zero-order valence-electron chi connectivity index (χ0n) is 10.4. The van der Waals surface area contributed by atoms with E-state index in [1.165, 1.54) is 11.8 Å². The first-order valence-electron chi connectivity index (χ1n) is 6.04. The third-order valence-electron chi connectivity index (χ3n) is 3.11. The van der Waals surface area contributed by atoms with E-state index >= 15 is 0 Å². The van der Waals surface area contributed by atoms with Crippen LogP contribution in [0.4, 0.5) is 0 Å². The Morgan fingerprint density at radius 2 is 2.32 bits per heavy atom. The minimum Gasteiger partial charge on any atom is -0.267 e. The highest BCUT2D eigenvalue weighted by Crippen LogP contribution is 2.37. The molecule has 0 spiro atoms. The van der Waals surface area contributed by atoms with Crippen molar-refractivity contribution in [3.05, 3.63) is 39.8 Å². The highest BCUT2D eigenvalue weighted by molar-refractivity contribution is 7.99. The molecule has 96 valence electrons. The van der Waals surface area contributed by atoms with E-state index in [0.717, 1.165) is 23.3 Å². The molecule has 1 aromatic carbocycles. The molecule has 1 N–H and O–H groups in total. The SMILES string of the molecule is Cc1cc(Sc2n[nH]c(=O)n2C2CC2)ccc1C#N. The van der Waals surface area contributed by atoms with Crippen LogP contribution in [-0.2, 0) is 0 Å². The highest BCUT2D eigenvalue weighted by Gasteiger charge is 2.28. The summed E-state index contributed by atoms with van der Waals surface area (Å²) in [5, 5.41) is 16.2. The van der Waals surface area contributed by atoms with Crippen molar-refractivity contribution < 1.29 is 0 Å². The number of hydrogen-bond acceptors (Lipinski definition) is 4. The second-order valence-electron chi connectivity index (χ2n) is 4.60. The Bertz CT molecular complexity index is 721. The number of rotatable bonds is 3. The van der Waals surface area contributed by atoms with Gasteiger partial charge in [0.15, 0.2) is 5.16 Å². The Balaban J connectivity index is 1.92. The quantitative estimate of drug-likeness (QED) is 0.929. The first kappa shape index (κ1) is 12.1. The van der Waals surface area contributed by atoms with Crippen molar-refractivity contribution in [2.45, 2.75) is 35.9 Å². The van der Waals surface area contributed by atoms with Crippen LogP contribution in [0.3, 0.4) is 0 Å². The summed E-state index contributed by atoms with van der Waals surface area (Å²) in [6, 6.07) is 8.06. The first-order chi connectivity index (χ1) is 9.19. The van der Waals surface area contributed by atoms with Gasteiger partial charge in [0.1, 0.15) is 0 Å². The number of aryl methyl sites for hydroxylation is 1. The van der Waals surface area contributed by atoms with Crippen LogP contribution in [0.5, 0.6) is 0 Å². The van der Waals surface area contributed by atoms with Gasteiger partial charge in [0.2, 0.25) is 0 Å². The standard InChI is InChI=1S/C13H12N4OS/c1-8-6-11(5-2-9(8)7-14)19-13-16-15-12(18)17(13)10-3-4-10/h2,5-6,10H,3-4H2,1H3,(H,15,18). The average molecular weight is 272 g/mol. The molecule has 19 heavy (non-hydrogen) atoms. The molecule has 5 nitrogen and oxygen atoms in total. The summed E-state index contributed by atoms with van der Waals surface area (Å²) in [5.74, 6) is 0.